The van der Waals surface area contributed by atoms with Gasteiger partial charge in [-0.2, -0.15) is 5.10 Å². The van der Waals surface area contributed by atoms with Crippen LogP contribution in [0.5, 0.6) is 0 Å². The van der Waals surface area contributed by atoms with E-state index >= 15 is 0 Å². The van der Waals surface area contributed by atoms with Gasteiger partial charge in [-0.1, -0.05) is 6.58 Å². The minimum absolute atomic E-state index is 0.0420. The summed E-state index contributed by atoms with van der Waals surface area (Å²) < 4.78 is 16.2. The van der Waals surface area contributed by atoms with Gasteiger partial charge in [-0.05, 0) is 56.6 Å². The largest absolute Gasteiger partial charge is 0.379 e. The molecule has 30 heavy (non-hydrogen) atoms. The molecule has 0 radical (unpaired) electrons. The van der Waals surface area contributed by atoms with E-state index in [0.29, 0.717) is 5.92 Å². The van der Waals surface area contributed by atoms with Crippen molar-refractivity contribution in [1.82, 2.24) is 24.9 Å². The molecule has 0 aromatic carbocycles. The van der Waals surface area contributed by atoms with Gasteiger partial charge in [0, 0.05) is 35.2 Å². The van der Waals surface area contributed by atoms with Crippen molar-refractivity contribution >= 4 is 17.2 Å². The van der Waals surface area contributed by atoms with E-state index in [2.05, 4.69) is 26.9 Å². The van der Waals surface area contributed by atoms with Crippen LogP contribution in [-0.2, 0) is 12.0 Å². The van der Waals surface area contributed by atoms with Crippen molar-refractivity contribution in [1.29, 1.82) is 0 Å². The summed E-state index contributed by atoms with van der Waals surface area (Å²) in [5.41, 5.74) is 4.61. The second-order valence-electron chi connectivity index (χ2n) is 9.41. The van der Waals surface area contributed by atoms with E-state index in [-0.39, 0.29) is 16.9 Å². The van der Waals surface area contributed by atoms with E-state index in [0.717, 1.165) is 79.1 Å². The van der Waals surface area contributed by atoms with Gasteiger partial charge in [0.1, 0.15) is 11.6 Å². The van der Waals surface area contributed by atoms with E-state index in [1.807, 2.05) is 23.0 Å². The Morgan fingerprint density at radius 1 is 1.23 bits per heavy atom. The Labute approximate surface area is 173 Å². The smallest absolute Gasteiger partial charge is 0.166 e. The highest BCUT2D eigenvalue weighted by molar-refractivity contribution is 5.75. The summed E-state index contributed by atoms with van der Waals surface area (Å²) in [5, 5.41) is 8.16. The summed E-state index contributed by atoms with van der Waals surface area (Å²) in [6, 6.07) is 3.76. The molecule has 2 bridgehead atoms. The predicted octanol–water partition coefficient (Wildman–Crippen LogP) is 3.43. The molecule has 2 saturated carbocycles. The molecule has 7 heteroatoms. The molecule has 2 aliphatic heterocycles. The minimum Gasteiger partial charge on any atom is -0.379 e. The van der Waals surface area contributed by atoms with E-state index < -0.39 is 0 Å². The van der Waals surface area contributed by atoms with E-state index in [1.54, 1.807) is 6.07 Å². The summed E-state index contributed by atoms with van der Waals surface area (Å²) in [7, 11) is 0. The van der Waals surface area contributed by atoms with E-state index in [9.17, 15) is 4.39 Å². The minimum atomic E-state index is -0.251. The lowest BCUT2D eigenvalue weighted by Crippen LogP contribution is -2.35. The second-order valence-corrected chi connectivity index (χ2v) is 9.41. The first-order valence-corrected chi connectivity index (χ1v) is 10.8. The molecular formula is C23H23FN6. The summed E-state index contributed by atoms with van der Waals surface area (Å²) in [6.07, 6.45) is 11.4. The Morgan fingerprint density at radius 3 is 2.97 bits per heavy atom. The van der Waals surface area contributed by atoms with Gasteiger partial charge in [0.05, 0.1) is 23.5 Å². The molecule has 4 aliphatic rings. The third kappa shape index (κ3) is 2.15. The van der Waals surface area contributed by atoms with E-state index in [1.165, 1.54) is 6.20 Å². The van der Waals surface area contributed by atoms with Gasteiger partial charge in [-0.3, -0.25) is 4.98 Å². The fourth-order valence-electron chi connectivity index (χ4n) is 5.86. The number of hydrogen-bond acceptors (Lipinski definition) is 5. The van der Waals surface area contributed by atoms with Crippen LogP contribution in [0.2, 0.25) is 0 Å². The molecule has 6 nitrogen and oxygen atoms in total. The van der Waals surface area contributed by atoms with Gasteiger partial charge >= 0.3 is 0 Å². The molecule has 1 saturated heterocycles. The number of piperidine rings is 1. The molecule has 0 amide bonds. The van der Waals surface area contributed by atoms with Crippen molar-refractivity contribution in [3.63, 3.8) is 0 Å². The number of rotatable bonds is 0. The maximum Gasteiger partial charge on any atom is 0.166 e. The first-order chi connectivity index (χ1) is 14.6. The van der Waals surface area contributed by atoms with Crippen LogP contribution in [0.4, 0.5) is 10.2 Å². The molecule has 3 fully saturated rings. The standard InChI is InChI=1S/C23H23FN6/c1-14-17-13-26-30-9-4-20(27-21(17)30)29-8-3-15-11-23(15,29)18-10-16(24)12-25-19(18)2-5-22(28-14)6-7-22/h4,9-10,12-13,15,28H,1-3,5-8,11H2/t15-,23+/m0/s1. The Kier molecular flexibility index (Phi) is 3.02. The van der Waals surface area contributed by atoms with Crippen molar-refractivity contribution in [3.8, 4) is 0 Å². The van der Waals surface area contributed by atoms with Crippen LogP contribution in [0.15, 0.2) is 37.3 Å². The number of nitrogens with one attached hydrogen (secondary N) is 1. The van der Waals surface area contributed by atoms with Gasteiger partial charge in [-0.15, -0.1) is 0 Å². The van der Waals surface area contributed by atoms with Crippen LogP contribution in [-0.4, -0.2) is 31.7 Å². The number of anilines is 1. The lowest BCUT2D eigenvalue weighted by Gasteiger charge is -2.31. The molecule has 0 unspecified atom stereocenters. The first-order valence-electron chi connectivity index (χ1n) is 10.8. The number of nitrogens with zero attached hydrogens (tertiary/aromatic N) is 5. The Hall–Kier alpha value is -2.96. The van der Waals surface area contributed by atoms with Crippen molar-refractivity contribution in [2.45, 2.75) is 49.6 Å². The Morgan fingerprint density at radius 2 is 2.13 bits per heavy atom. The highest BCUT2D eigenvalue weighted by Crippen LogP contribution is 2.64. The molecule has 2 atom stereocenters. The number of halogens is 1. The molecular weight excluding hydrogens is 379 g/mol. The molecule has 5 heterocycles. The molecule has 7 rings (SSSR count). The topological polar surface area (TPSA) is 58.4 Å². The quantitative estimate of drug-likeness (QED) is 0.624. The number of fused-ring (bicyclic) bond motifs is 3. The maximum atomic E-state index is 14.4. The number of aryl methyl sites for hydroxylation is 1. The molecule has 3 aromatic heterocycles. The zero-order valence-electron chi connectivity index (χ0n) is 16.7. The summed E-state index contributed by atoms with van der Waals surface area (Å²) in [6.45, 7) is 5.24. The zero-order valence-corrected chi connectivity index (χ0v) is 16.7. The van der Waals surface area contributed by atoms with Crippen molar-refractivity contribution in [3.05, 3.63) is 59.9 Å². The number of pyridine rings is 1. The molecule has 152 valence electrons. The lowest BCUT2D eigenvalue weighted by molar-refractivity contribution is 0.527. The van der Waals surface area contributed by atoms with Crippen molar-refractivity contribution in [2.75, 3.05) is 11.4 Å². The molecule has 3 aromatic rings. The fourth-order valence-corrected chi connectivity index (χ4v) is 5.86. The highest BCUT2D eigenvalue weighted by Gasteiger charge is 2.64. The second kappa shape index (κ2) is 5.39. The zero-order chi connectivity index (χ0) is 20.1. The van der Waals surface area contributed by atoms with Crippen molar-refractivity contribution < 1.29 is 4.39 Å². The molecule has 2 aliphatic carbocycles. The monoisotopic (exact) mass is 402 g/mol. The van der Waals surface area contributed by atoms with Crippen molar-refractivity contribution in [2.24, 2.45) is 5.92 Å². The summed E-state index contributed by atoms with van der Waals surface area (Å²) >= 11 is 0. The first kappa shape index (κ1) is 16.8. The summed E-state index contributed by atoms with van der Waals surface area (Å²) in [5.74, 6) is 1.21. The highest BCUT2D eigenvalue weighted by atomic mass is 19.1. The van der Waals surface area contributed by atoms with Gasteiger partial charge in [-0.25, -0.2) is 13.9 Å². The molecule has 1 N–H and O–H groups in total. The van der Waals surface area contributed by atoms with Crippen LogP contribution in [0.1, 0.15) is 48.9 Å². The predicted molar refractivity (Wildman–Crippen MR) is 111 cm³/mol. The van der Waals surface area contributed by atoms with Crippen LogP contribution in [0.3, 0.4) is 0 Å². The molecule has 2 spiro atoms. The SMILES string of the molecule is C=C1NC2(CCc3ncc(F)cc3[C@@]34C[C@@H]3CCN4c3ccn4ncc1c4n3)CC2. The van der Waals surface area contributed by atoms with Crippen LogP contribution < -0.4 is 10.2 Å². The van der Waals surface area contributed by atoms with Crippen LogP contribution >= 0.6 is 0 Å². The normalized spacial score (nSPS) is 28.2. The van der Waals surface area contributed by atoms with Crippen LogP contribution in [0, 0.1) is 11.7 Å². The lowest BCUT2D eigenvalue weighted by atomic mass is 9.96. The number of hydrogen-bond donors (Lipinski definition) is 1. The maximum absolute atomic E-state index is 14.4. The fraction of sp³-hybridized carbons (Fsp3) is 0.435. The third-order valence-corrected chi connectivity index (χ3v) is 7.72. The average molecular weight is 402 g/mol. The Balaban J connectivity index is 1.46. The summed E-state index contributed by atoms with van der Waals surface area (Å²) in [4.78, 5) is 12.0. The third-order valence-electron chi connectivity index (χ3n) is 7.72. The van der Waals surface area contributed by atoms with Gasteiger partial charge in [0.2, 0.25) is 0 Å². The van der Waals surface area contributed by atoms with Crippen LogP contribution in [0.25, 0.3) is 11.3 Å². The van der Waals surface area contributed by atoms with Gasteiger partial charge < -0.3 is 10.2 Å². The van der Waals surface area contributed by atoms with Gasteiger partial charge in [0.25, 0.3) is 0 Å². The average Bonchev–Trinajstić information content (AvgIpc) is 3.58. The number of aromatic nitrogens is 4. The van der Waals surface area contributed by atoms with Gasteiger partial charge in [0.15, 0.2) is 5.65 Å². The van der Waals surface area contributed by atoms with E-state index in [4.69, 9.17) is 4.98 Å². The Bertz CT molecular complexity index is 1230.